The number of nitrogens with zero attached hydrogens (tertiary/aromatic N) is 2. The summed E-state index contributed by atoms with van der Waals surface area (Å²) in [5.74, 6) is 0.0283. The fourth-order valence-corrected chi connectivity index (χ4v) is 3.14. The van der Waals surface area contributed by atoms with Crippen LogP contribution >= 0.6 is 0 Å². The minimum atomic E-state index is -0.521. The molecule has 1 aliphatic rings. The maximum absolute atomic E-state index is 12.2. The monoisotopic (exact) mass is 378 g/mol. The summed E-state index contributed by atoms with van der Waals surface area (Å²) < 4.78 is 5.20. The Labute approximate surface area is 160 Å². The highest BCUT2D eigenvalue weighted by Gasteiger charge is 2.25. The number of hydrogen-bond acceptors (Lipinski definition) is 6. The normalized spacial score (nSPS) is 19.4. The lowest BCUT2D eigenvalue weighted by molar-refractivity contribution is -0.123. The van der Waals surface area contributed by atoms with Gasteiger partial charge in [-0.3, -0.25) is 19.4 Å². The molecule has 1 fully saturated rings. The lowest BCUT2D eigenvalue weighted by Gasteiger charge is -2.40. The fourth-order valence-electron chi connectivity index (χ4n) is 3.14. The molecule has 1 aromatic rings. The molecule has 1 aromatic carbocycles. The number of aliphatic hydroxyl groups excluding tert-OH is 1. The number of β-amino-alcohol motifs (C(OH)–C–C–N with tert-alkyl or cyclic N) is 1. The molecule has 8 heteroatoms. The molecular formula is C19H30N4O4. The molecule has 0 radical (unpaired) electrons. The third-order valence-corrected chi connectivity index (χ3v) is 4.51. The summed E-state index contributed by atoms with van der Waals surface area (Å²) >= 11 is 0. The number of rotatable bonds is 9. The zero-order valence-electron chi connectivity index (χ0n) is 16.1. The highest BCUT2D eigenvalue weighted by Crippen LogP contribution is 2.12. The fraction of sp³-hybridized carbons (Fsp3) is 0.579. The molecule has 0 aliphatic carbocycles. The lowest BCUT2D eigenvalue weighted by atomic mass is 10.1. The van der Waals surface area contributed by atoms with E-state index in [0.29, 0.717) is 31.4 Å². The van der Waals surface area contributed by atoms with Crippen LogP contribution in [0.2, 0.25) is 0 Å². The zero-order valence-corrected chi connectivity index (χ0v) is 16.1. The number of carbonyl (C=O) groups is 2. The highest BCUT2D eigenvalue weighted by molar-refractivity contribution is 5.78. The predicted octanol–water partition coefficient (Wildman–Crippen LogP) is -0.446. The van der Waals surface area contributed by atoms with Gasteiger partial charge in [-0.25, -0.2) is 0 Å². The summed E-state index contributed by atoms with van der Waals surface area (Å²) in [5.41, 5.74) is 5.99. The standard InChI is InChI=1S/C19H30N4O4/c1-14-10-22(7-8-23(14)11-15(2)24)12-19(26)21-9-16-3-5-17(6-4-16)27-13-18(20)25/h3-6,14-15,24H,7-13H2,1-2H3,(H2,20,25)(H,21,26)/t14-,15-/m1/s1. The Morgan fingerprint density at radius 3 is 2.63 bits per heavy atom. The first-order valence-electron chi connectivity index (χ1n) is 9.24. The molecule has 0 aromatic heterocycles. The van der Waals surface area contributed by atoms with E-state index in [1.807, 2.05) is 12.1 Å². The van der Waals surface area contributed by atoms with Gasteiger partial charge in [0.2, 0.25) is 5.91 Å². The van der Waals surface area contributed by atoms with E-state index in [4.69, 9.17) is 10.5 Å². The van der Waals surface area contributed by atoms with Gasteiger partial charge in [0.15, 0.2) is 6.61 Å². The molecule has 8 nitrogen and oxygen atoms in total. The first-order valence-corrected chi connectivity index (χ1v) is 9.24. The van der Waals surface area contributed by atoms with Gasteiger partial charge in [-0.15, -0.1) is 0 Å². The second kappa shape index (κ2) is 10.2. The van der Waals surface area contributed by atoms with Crippen LogP contribution in [-0.4, -0.2) is 78.2 Å². The van der Waals surface area contributed by atoms with E-state index in [0.717, 1.165) is 25.2 Å². The van der Waals surface area contributed by atoms with E-state index in [-0.39, 0.29) is 18.6 Å². The molecule has 4 N–H and O–H groups in total. The first kappa shape index (κ1) is 21.1. The quantitative estimate of drug-likeness (QED) is 0.537. The molecule has 0 bridgehead atoms. The summed E-state index contributed by atoms with van der Waals surface area (Å²) in [6.07, 6.45) is -0.338. The molecule has 2 atom stereocenters. The van der Waals surface area contributed by atoms with Gasteiger partial charge in [-0.2, -0.15) is 0 Å². The number of piperazine rings is 1. The van der Waals surface area contributed by atoms with Gasteiger partial charge in [0.1, 0.15) is 5.75 Å². The second-order valence-electron chi connectivity index (χ2n) is 7.10. The topological polar surface area (TPSA) is 108 Å². The van der Waals surface area contributed by atoms with Crippen LogP contribution in [0.25, 0.3) is 0 Å². The number of nitrogens with two attached hydrogens (primary N) is 1. The van der Waals surface area contributed by atoms with Crippen molar-refractivity contribution in [2.75, 3.05) is 39.3 Å². The molecule has 27 heavy (non-hydrogen) atoms. The molecule has 0 saturated carbocycles. The molecule has 2 rings (SSSR count). The van der Waals surface area contributed by atoms with Gasteiger partial charge in [0.05, 0.1) is 12.6 Å². The molecule has 1 heterocycles. The van der Waals surface area contributed by atoms with Crippen molar-refractivity contribution in [2.24, 2.45) is 5.73 Å². The molecule has 2 amide bonds. The Balaban J connectivity index is 1.71. The highest BCUT2D eigenvalue weighted by atomic mass is 16.5. The number of carbonyl (C=O) groups excluding carboxylic acids is 2. The second-order valence-corrected chi connectivity index (χ2v) is 7.10. The number of hydrogen-bond donors (Lipinski definition) is 3. The van der Waals surface area contributed by atoms with Crippen LogP contribution in [0, 0.1) is 0 Å². The maximum atomic E-state index is 12.2. The average molecular weight is 378 g/mol. The Bertz CT molecular complexity index is 621. The van der Waals surface area contributed by atoms with E-state index in [9.17, 15) is 14.7 Å². The van der Waals surface area contributed by atoms with Gasteiger partial charge >= 0.3 is 0 Å². The van der Waals surface area contributed by atoms with Crippen molar-refractivity contribution < 1.29 is 19.4 Å². The smallest absolute Gasteiger partial charge is 0.255 e. The number of nitrogens with one attached hydrogen (secondary N) is 1. The van der Waals surface area contributed by atoms with E-state index in [1.165, 1.54) is 0 Å². The van der Waals surface area contributed by atoms with Crippen molar-refractivity contribution in [3.8, 4) is 5.75 Å². The van der Waals surface area contributed by atoms with E-state index >= 15 is 0 Å². The number of benzene rings is 1. The van der Waals surface area contributed by atoms with Crippen LogP contribution in [0.1, 0.15) is 19.4 Å². The van der Waals surface area contributed by atoms with Crippen LogP contribution in [0.15, 0.2) is 24.3 Å². The van der Waals surface area contributed by atoms with Gasteiger partial charge in [-0.05, 0) is 31.5 Å². The molecule has 0 spiro atoms. The first-order chi connectivity index (χ1) is 12.8. The van der Waals surface area contributed by atoms with Crippen molar-refractivity contribution in [1.29, 1.82) is 0 Å². The summed E-state index contributed by atoms with van der Waals surface area (Å²) in [5, 5.41) is 12.5. The molecule has 0 unspecified atom stereocenters. The predicted molar refractivity (Wildman–Crippen MR) is 102 cm³/mol. The Morgan fingerprint density at radius 2 is 2.04 bits per heavy atom. The van der Waals surface area contributed by atoms with Crippen molar-refractivity contribution in [2.45, 2.75) is 32.5 Å². The molecule has 150 valence electrons. The largest absolute Gasteiger partial charge is 0.484 e. The summed E-state index contributed by atoms with van der Waals surface area (Å²) in [6.45, 7) is 7.71. The average Bonchev–Trinajstić information content (AvgIpc) is 2.61. The SMILES string of the molecule is C[C@@H]1CN(CC(=O)NCc2ccc(OCC(N)=O)cc2)CCN1C[C@@H](C)O. The van der Waals surface area contributed by atoms with Gasteiger partial charge in [-0.1, -0.05) is 12.1 Å². The van der Waals surface area contributed by atoms with Gasteiger partial charge < -0.3 is 20.9 Å². The molecular weight excluding hydrogens is 348 g/mol. The van der Waals surface area contributed by atoms with E-state index in [2.05, 4.69) is 22.0 Å². The number of amides is 2. The molecule has 1 aliphatic heterocycles. The van der Waals surface area contributed by atoms with Crippen molar-refractivity contribution in [1.82, 2.24) is 15.1 Å². The number of ether oxygens (including phenoxy) is 1. The summed E-state index contributed by atoms with van der Waals surface area (Å²) in [4.78, 5) is 27.3. The Hall–Kier alpha value is -2.16. The minimum absolute atomic E-state index is 0.0137. The zero-order chi connectivity index (χ0) is 19.8. The maximum Gasteiger partial charge on any atom is 0.255 e. The minimum Gasteiger partial charge on any atom is -0.484 e. The Morgan fingerprint density at radius 1 is 1.33 bits per heavy atom. The van der Waals surface area contributed by atoms with Crippen LogP contribution in [0.5, 0.6) is 5.75 Å². The number of aliphatic hydroxyl groups is 1. The van der Waals surface area contributed by atoms with Crippen molar-refractivity contribution >= 4 is 11.8 Å². The molecule has 1 saturated heterocycles. The van der Waals surface area contributed by atoms with E-state index in [1.54, 1.807) is 19.1 Å². The number of primary amides is 1. The van der Waals surface area contributed by atoms with Crippen LogP contribution < -0.4 is 15.8 Å². The van der Waals surface area contributed by atoms with Crippen molar-refractivity contribution in [3.63, 3.8) is 0 Å². The summed E-state index contributed by atoms with van der Waals surface area (Å²) in [6, 6.07) is 7.48. The third kappa shape index (κ3) is 7.54. The van der Waals surface area contributed by atoms with Crippen LogP contribution in [0.4, 0.5) is 0 Å². The van der Waals surface area contributed by atoms with Crippen molar-refractivity contribution in [3.05, 3.63) is 29.8 Å². The third-order valence-electron chi connectivity index (χ3n) is 4.51. The van der Waals surface area contributed by atoms with Gasteiger partial charge in [0, 0.05) is 38.8 Å². The van der Waals surface area contributed by atoms with E-state index < -0.39 is 5.91 Å². The van der Waals surface area contributed by atoms with Crippen LogP contribution in [0.3, 0.4) is 0 Å². The van der Waals surface area contributed by atoms with Crippen LogP contribution in [-0.2, 0) is 16.1 Å². The Kier molecular flexibility index (Phi) is 8.02. The lowest BCUT2D eigenvalue weighted by Crippen LogP contribution is -2.55. The summed E-state index contributed by atoms with van der Waals surface area (Å²) in [7, 11) is 0. The van der Waals surface area contributed by atoms with Gasteiger partial charge in [0.25, 0.3) is 5.91 Å².